The van der Waals surface area contributed by atoms with E-state index in [-0.39, 0.29) is 18.2 Å². The predicted molar refractivity (Wildman–Crippen MR) is 100 cm³/mol. The Hall–Kier alpha value is -3.54. The van der Waals surface area contributed by atoms with Gasteiger partial charge in [0, 0.05) is 29.1 Å². The minimum absolute atomic E-state index is 0.205. The maximum Gasteiger partial charge on any atom is 0.259 e. The van der Waals surface area contributed by atoms with Gasteiger partial charge in [-0.2, -0.15) is 0 Å². The standard InChI is InChI=1S/C21H15N3O3/c25-18-10-9-17(20(26)23-18)24-16-6-3-4-13-12(15-5-1-2-11-22-15)7-8-14(19(13)16)21(24)27/h1-8,11,17H,9-10H2,(H,23,25,26). The average Bonchev–Trinajstić information content (AvgIpc) is 2.97. The molecular formula is C21H15N3O3. The molecule has 6 heteroatoms. The Morgan fingerprint density at radius 1 is 0.963 bits per heavy atom. The lowest BCUT2D eigenvalue weighted by Gasteiger charge is -2.30. The van der Waals surface area contributed by atoms with Crippen LogP contribution in [-0.2, 0) is 9.59 Å². The van der Waals surface area contributed by atoms with E-state index in [0.29, 0.717) is 17.7 Å². The minimum atomic E-state index is -0.675. The van der Waals surface area contributed by atoms with Crippen LogP contribution in [0.25, 0.3) is 22.0 Å². The highest BCUT2D eigenvalue weighted by molar-refractivity contribution is 6.28. The van der Waals surface area contributed by atoms with Crippen molar-refractivity contribution in [3.05, 3.63) is 60.3 Å². The largest absolute Gasteiger partial charge is 0.295 e. The molecule has 0 radical (unpaired) electrons. The van der Waals surface area contributed by atoms with Gasteiger partial charge in [-0.3, -0.25) is 29.6 Å². The number of nitrogens with zero attached hydrogens (tertiary/aromatic N) is 2. The molecule has 3 aromatic rings. The van der Waals surface area contributed by atoms with Crippen LogP contribution in [-0.4, -0.2) is 28.7 Å². The predicted octanol–water partition coefficient (Wildman–Crippen LogP) is 2.67. The Bertz CT molecular complexity index is 1120. The van der Waals surface area contributed by atoms with Crippen LogP contribution in [0, 0.1) is 0 Å². The Morgan fingerprint density at radius 3 is 2.59 bits per heavy atom. The number of rotatable bonds is 2. The van der Waals surface area contributed by atoms with Crippen molar-refractivity contribution in [2.45, 2.75) is 18.9 Å². The first-order valence-electron chi connectivity index (χ1n) is 8.79. The highest BCUT2D eigenvalue weighted by atomic mass is 16.2. The number of aromatic nitrogens is 1. The summed E-state index contributed by atoms with van der Waals surface area (Å²) in [6, 6.07) is 14.4. The molecule has 1 fully saturated rings. The van der Waals surface area contributed by atoms with Crippen LogP contribution in [0.3, 0.4) is 0 Å². The second kappa shape index (κ2) is 5.74. The molecule has 6 nitrogen and oxygen atoms in total. The van der Waals surface area contributed by atoms with Crippen molar-refractivity contribution in [1.82, 2.24) is 10.3 Å². The molecule has 0 spiro atoms. The summed E-state index contributed by atoms with van der Waals surface area (Å²) < 4.78 is 0. The van der Waals surface area contributed by atoms with E-state index in [1.165, 1.54) is 4.90 Å². The summed E-state index contributed by atoms with van der Waals surface area (Å²) in [6.45, 7) is 0. The molecule has 5 rings (SSSR count). The van der Waals surface area contributed by atoms with Gasteiger partial charge in [0.15, 0.2) is 0 Å². The summed E-state index contributed by atoms with van der Waals surface area (Å²) >= 11 is 0. The maximum absolute atomic E-state index is 13.1. The molecule has 27 heavy (non-hydrogen) atoms. The fourth-order valence-electron chi connectivity index (χ4n) is 3.99. The Morgan fingerprint density at radius 2 is 1.81 bits per heavy atom. The summed E-state index contributed by atoms with van der Waals surface area (Å²) in [5, 5.41) is 4.09. The number of benzene rings is 2. The minimum Gasteiger partial charge on any atom is -0.295 e. The summed E-state index contributed by atoms with van der Waals surface area (Å²) in [7, 11) is 0. The second-order valence-electron chi connectivity index (χ2n) is 6.72. The molecule has 2 aromatic carbocycles. The van der Waals surface area contributed by atoms with Crippen molar-refractivity contribution in [2.24, 2.45) is 0 Å². The number of hydrogen-bond donors (Lipinski definition) is 1. The first kappa shape index (κ1) is 15.7. The van der Waals surface area contributed by atoms with Crippen LogP contribution in [0.15, 0.2) is 54.7 Å². The van der Waals surface area contributed by atoms with E-state index in [4.69, 9.17) is 0 Å². The van der Waals surface area contributed by atoms with Crippen molar-refractivity contribution in [1.29, 1.82) is 0 Å². The zero-order chi connectivity index (χ0) is 18.5. The molecule has 1 saturated heterocycles. The third-order valence-electron chi connectivity index (χ3n) is 5.19. The zero-order valence-electron chi connectivity index (χ0n) is 14.3. The number of nitrogens with one attached hydrogen (secondary N) is 1. The van der Waals surface area contributed by atoms with E-state index < -0.39 is 11.9 Å². The zero-order valence-corrected chi connectivity index (χ0v) is 14.3. The van der Waals surface area contributed by atoms with E-state index in [0.717, 1.165) is 22.0 Å². The molecule has 1 N–H and O–H groups in total. The van der Waals surface area contributed by atoms with Gasteiger partial charge in [0.1, 0.15) is 6.04 Å². The van der Waals surface area contributed by atoms with E-state index >= 15 is 0 Å². The van der Waals surface area contributed by atoms with Crippen LogP contribution in [0.2, 0.25) is 0 Å². The molecule has 2 aliphatic heterocycles. The van der Waals surface area contributed by atoms with Gasteiger partial charge in [-0.1, -0.05) is 24.3 Å². The molecule has 1 atom stereocenters. The third-order valence-corrected chi connectivity index (χ3v) is 5.19. The van der Waals surface area contributed by atoms with Crippen LogP contribution < -0.4 is 10.2 Å². The molecule has 132 valence electrons. The van der Waals surface area contributed by atoms with Gasteiger partial charge in [0.05, 0.1) is 11.4 Å². The summed E-state index contributed by atoms with van der Waals surface area (Å²) in [6.07, 6.45) is 2.29. The Labute approximate surface area is 154 Å². The highest BCUT2D eigenvalue weighted by Gasteiger charge is 2.40. The fourth-order valence-corrected chi connectivity index (χ4v) is 3.99. The number of hydrogen-bond acceptors (Lipinski definition) is 4. The molecule has 0 saturated carbocycles. The first-order valence-corrected chi connectivity index (χ1v) is 8.79. The third kappa shape index (κ3) is 2.26. The van der Waals surface area contributed by atoms with Gasteiger partial charge in [-0.15, -0.1) is 0 Å². The maximum atomic E-state index is 13.1. The molecule has 0 bridgehead atoms. The quantitative estimate of drug-likeness (QED) is 0.715. The summed E-state index contributed by atoms with van der Waals surface area (Å²) in [4.78, 5) is 42.9. The number of pyridine rings is 1. The number of carbonyl (C=O) groups excluding carboxylic acids is 3. The van der Waals surface area contributed by atoms with E-state index in [9.17, 15) is 14.4 Å². The summed E-state index contributed by atoms with van der Waals surface area (Å²) in [5.74, 6) is -0.923. The fraction of sp³-hybridized carbons (Fsp3) is 0.143. The second-order valence-corrected chi connectivity index (χ2v) is 6.72. The van der Waals surface area contributed by atoms with E-state index in [1.807, 2.05) is 42.5 Å². The van der Waals surface area contributed by atoms with Crippen LogP contribution in [0.1, 0.15) is 23.2 Å². The van der Waals surface area contributed by atoms with Crippen molar-refractivity contribution in [3.8, 4) is 11.3 Å². The average molecular weight is 357 g/mol. The number of amides is 3. The molecule has 1 unspecified atom stereocenters. The number of piperidine rings is 1. The first-order chi connectivity index (χ1) is 13.1. The Kier molecular flexibility index (Phi) is 3.33. The molecule has 3 heterocycles. The lowest BCUT2D eigenvalue weighted by Crippen LogP contribution is -2.53. The lowest BCUT2D eigenvalue weighted by atomic mass is 9.98. The van der Waals surface area contributed by atoms with Gasteiger partial charge in [-0.25, -0.2) is 0 Å². The van der Waals surface area contributed by atoms with Crippen molar-refractivity contribution in [3.63, 3.8) is 0 Å². The number of carbonyl (C=O) groups is 3. The van der Waals surface area contributed by atoms with Crippen molar-refractivity contribution >= 4 is 34.2 Å². The topological polar surface area (TPSA) is 79.4 Å². The smallest absolute Gasteiger partial charge is 0.259 e. The van der Waals surface area contributed by atoms with E-state index in [1.54, 1.807) is 12.3 Å². The Balaban J connectivity index is 1.69. The van der Waals surface area contributed by atoms with Gasteiger partial charge < -0.3 is 0 Å². The normalized spacial score (nSPS) is 18.9. The lowest BCUT2D eigenvalue weighted by molar-refractivity contribution is -0.134. The van der Waals surface area contributed by atoms with Gasteiger partial charge in [-0.05, 0) is 36.1 Å². The van der Waals surface area contributed by atoms with Crippen molar-refractivity contribution in [2.75, 3.05) is 4.90 Å². The molecule has 2 aliphatic rings. The van der Waals surface area contributed by atoms with Gasteiger partial charge >= 0.3 is 0 Å². The summed E-state index contributed by atoms with van der Waals surface area (Å²) in [5.41, 5.74) is 3.05. The number of imide groups is 1. The van der Waals surface area contributed by atoms with Gasteiger partial charge in [0.2, 0.25) is 11.8 Å². The molecule has 0 aliphatic carbocycles. The van der Waals surface area contributed by atoms with Crippen LogP contribution >= 0.6 is 0 Å². The van der Waals surface area contributed by atoms with Crippen LogP contribution in [0.4, 0.5) is 5.69 Å². The SMILES string of the molecule is O=C1CCC(N2C(=O)c3ccc(-c4ccccn4)c4cccc2c34)C(=O)N1. The van der Waals surface area contributed by atoms with Crippen LogP contribution in [0.5, 0.6) is 0 Å². The highest BCUT2D eigenvalue weighted by Crippen LogP contribution is 2.42. The van der Waals surface area contributed by atoms with E-state index in [2.05, 4.69) is 10.3 Å². The van der Waals surface area contributed by atoms with Gasteiger partial charge in [0.25, 0.3) is 5.91 Å². The monoisotopic (exact) mass is 357 g/mol. The molecule has 3 amide bonds. The molecule has 1 aromatic heterocycles. The number of anilines is 1. The van der Waals surface area contributed by atoms with Crippen molar-refractivity contribution < 1.29 is 14.4 Å². The molecular weight excluding hydrogens is 342 g/mol.